The molecule has 0 aliphatic rings. The van der Waals surface area contributed by atoms with Crippen LogP contribution in [0.5, 0.6) is 5.75 Å². The third-order valence-electron chi connectivity index (χ3n) is 4.88. The van der Waals surface area contributed by atoms with Crippen molar-refractivity contribution in [2.45, 2.75) is 6.54 Å². The van der Waals surface area contributed by atoms with E-state index in [1.165, 1.54) is 12.1 Å². The van der Waals surface area contributed by atoms with Gasteiger partial charge in [-0.2, -0.15) is 0 Å². The highest BCUT2D eigenvalue weighted by atomic mass is 19.1. The number of hydrogen-bond donors (Lipinski definition) is 1. The van der Waals surface area contributed by atoms with Crippen LogP contribution in [0.4, 0.5) is 10.1 Å². The zero-order valence-electron chi connectivity index (χ0n) is 16.2. The van der Waals surface area contributed by atoms with Gasteiger partial charge in [-0.1, -0.05) is 60.7 Å². The monoisotopic (exact) mass is 397 g/mol. The quantitative estimate of drug-likeness (QED) is 0.446. The van der Waals surface area contributed by atoms with Crippen LogP contribution in [0.2, 0.25) is 0 Å². The van der Waals surface area contributed by atoms with Crippen molar-refractivity contribution in [2.75, 3.05) is 4.90 Å². The molecular weight excluding hydrogens is 377 g/mol. The van der Waals surface area contributed by atoms with E-state index in [0.717, 1.165) is 16.7 Å². The molecular formula is C26H20FNO2. The lowest BCUT2D eigenvalue weighted by Gasteiger charge is -2.23. The Morgan fingerprint density at radius 2 is 1.40 bits per heavy atom. The van der Waals surface area contributed by atoms with E-state index in [1.807, 2.05) is 54.6 Å². The fourth-order valence-electron chi connectivity index (χ4n) is 3.30. The topological polar surface area (TPSA) is 40.5 Å². The summed E-state index contributed by atoms with van der Waals surface area (Å²) in [6.07, 6.45) is 0. The zero-order chi connectivity index (χ0) is 20.9. The maximum Gasteiger partial charge on any atom is 0.258 e. The van der Waals surface area contributed by atoms with Gasteiger partial charge in [0.25, 0.3) is 5.91 Å². The summed E-state index contributed by atoms with van der Waals surface area (Å²) in [5, 5.41) is 9.46. The summed E-state index contributed by atoms with van der Waals surface area (Å²) < 4.78 is 13.8. The fraction of sp³-hybridized carbons (Fsp3) is 0.0385. The number of carbonyl (C=O) groups excluding carboxylic acids is 1. The molecule has 1 amide bonds. The number of amides is 1. The first-order chi connectivity index (χ1) is 14.6. The van der Waals surface area contributed by atoms with E-state index >= 15 is 0 Å². The number of rotatable bonds is 5. The number of anilines is 1. The Labute approximate surface area is 174 Å². The molecule has 0 aliphatic heterocycles. The Morgan fingerprint density at radius 1 is 0.767 bits per heavy atom. The van der Waals surface area contributed by atoms with Crippen LogP contribution in [0.15, 0.2) is 103 Å². The molecule has 0 saturated carbocycles. The summed E-state index contributed by atoms with van der Waals surface area (Å²) in [6.45, 7) is 0.313. The Hall–Kier alpha value is -3.92. The Kier molecular flexibility index (Phi) is 5.57. The van der Waals surface area contributed by atoms with E-state index in [4.69, 9.17) is 0 Å². The predicted octanol–water partition coefficient (Wildman–Crippen LogP) is 6.05. The third kappa shape index (κ3) is 4.39. The summed E-state index contributed by atoms with van der Waals surface area (Å²) in [6, 6.07) is 29.9. The highest BCUT2D eigenvalue weighted by molar-refractivity contribution is 6.06. The second kappa shape index (κ2) is 8.62. The molecule has 0 saturated heterocycles. The molecule has 4 rings (SSSR count). The molecule has 0 atom stereocenters. The maximum atomic E-state index is 13.8. The van der Waals surface area contributed by atoms with Gasteiger partial charge < -0.3 is 10.0 Å². The van der Waals surface area contributed by atoms with Crippen LogP contribution in [0.3, 0.4) is 0 Å². The van der Waals surface area contributed by atoms with Gasteiger partial charge in [0.15, 0.2) is 0 Å². The van der Waals surface area contributed by atoms with Crippen LogP contribution < -0.4 is 4.90 Å². The lowest BCUT2D eigenvalue weighted by atomic mass is 10.0. The summed E-state index contributed by atoms with van der Waals surface area (Å²) in [5.41, 5.74) is 3.96. The predicted molar refractivity (Wildman–Crippen MR) is 117 cm³/mol. The molecule has 0 unspecified atom stereocenters. The molecule has 0 aliphatic carbocycles. The lowest BCUT2D eigenvalue weighted by Crippen LogP contribution is -2.30. The van der Waals surface area contributed by atoms with Crippen LogP contribution in [-0.2, 0) is 6.54 Å². The van der Waals surface area contributed by atoms with Crippen LogP contribution in [0.1, 0.15) is 15.9 Å². The van der Waals surface area contributed by atoms with Gasteiger partial charge in [0.05, 0.1) is 6.54 Å². The number of phenolic OH excluding ortho intramolecular Hbond substituents is 1. The van der Waals surface area contributed by atoms with Crippen LogP contribution in [0.25, 0.3) is 11.1 Å². The summed E-state index contributed by atoms with van der Waals surface area (Å²) in [5.74, 6) is -0.356. The minimum atomic E-state index is -0.388. The Morgan fingerprint density at radius 3 is 2.03 bits per heavy atom. The summed E-state index contributed by atoms with van der Waals surface area (Å²) in [7, 11) is 0. The standard InChI is InChI=1S/C26H20FNO2/c27-23-7-4-8-24(17-23)28(26(30)22-5-2-1-3-6-22)18-19-9-11-20(12-10-19)21-13-15-25(29)16-14-21/h1-17,29H,18H2. The number of carbonyl (C=O) groups is 1. The van der Waals surface area contributed by atoms with Gasteiger partial charge in [-0.05, 0) is 59.2 Å². The largest absolute Gasteiger partial charge is 0.508 e. The third-order valence-corrected chi connectivity index (χ3v) is 4.88. The van der Waals surface area contributed by atoms with Crippen molar-refractivity contribution in [1.82, 2.24) is 0 Å². The number of hydrogen-bond acceptors (Lipinski definition) is 2. The fourth-order valence-corrected chi connectivity index (χ4v) is 3.30. The number of nitrogens with zero attached hydrogens (tertiary/aromatic N) is 1. The van der Waals surface area contributed by atoms with Crippen molar-refractivity contribution < 1.29 is 14.3 Å². The lowest BCUT2D eigenvalue weighted by molar-refractivity contribution is 0.0985. The van der Waals surface area contributed by atoms with Crippen molar-refractivity contribution in [3.05, 3.63) is 120 Å². The molecule has 4 aromatic carbocycles. The van der Waals surface area contributed by atoms with Crippen LogP contribution in [0, 0.1) is 5.82 Å². The Balaban J connectivity index is 1.63. The van der Waals surface area contributed by atoms with Gasteiger partial charge in [-0.25, -0.2) is 4.39 Å². The molecule has 0 fully saturated rings. The van der Waals surface area contributed by atoms with Crippen molar-refractivity contribution in [2.24, 2.45) is 0 Å². The smallest absolute Gasteiger partial charge is 0.258 e. The van der Waals surface area contributed by atoms with E-state index in [-0.39, 0.29) is 17.5 Å². The second-order valence-corrected chi connectivity index (χ2v) is 6.98. The van der Waals surface area contributed by atoms with Gasteiger partial charge in [0.1, 0.15) is 11.6 Å². The van der Waals surface area contributed by atoms with Crippen molar-refractivity contribution in [3.63, 3.8) is 0 Å². The normalized spacial score (nSPS) is 10.6. The van der Waals surface area contributed by atoms with Gasteiger partial charge in [-0.3, -0.25) is 4.79 Å². The van der Waals surface area contributed by atoms with Gasteiger partial charge >= 0.3 is 0 Å². The first-order valence-corrected chi connectivity index (χ1v) is 9.61. The average Bonchev–Trinajstić information content (AvgIpc) is 2.79. The van der Waals surface area contributed by atoms with E-state index in [1.54, 1.807) is 41.3 Å². The van der Waals surface area contributed by atoms with E-state index in [9.17, 15) is 14.3 Å². The van der Waals surface area contributed by atoms with E-state index in [2.05, 4.69) is 0 Å². The highest BCUT2D eigenvalue weighted by Gasteiger charge is 2.18. The first-order valence-electron chi connectivity index (χ1n) is 9.61. The second-order valence-electron chi connectivity index (χ2n) is 6.98. The summed E-state index contributed by atoms with van der Waals surface area (Å²) in [4.78, 5) is 14.7. The molecule has 148 valence electrons. The van der Waals surface area contributed by atoms with Gasteiger partial charge in [-0.15, -0.1) is 0 Å². The minimum Gasteiger partial charge on any atom is -0.508 e. The molecule has 4 aromatic rings. The molecule has 30 heavy (non-hydrogen) atoms. The number of phenols is 1. The maximum absolute atomic E-state index is 13.8. The highest BCUT2D eigenvalue weighted by Crippen LogP contribution is 2.25. The molecule has 0 bridgehead atoms. The summed E-state index contributed by atoms with van der Waals surface area (Å²) >= 11 is 0. The van der Waals surface area contributed by atoms with Crippen molar-refractivity contribution in [1.29, 1.82) is 0 Å². The van der Waals surface area contributed by atoms with Gasteiger partial charge in [0, 0.05) is 11.3 Å². The zero-order valence-corrected chi connectivity index (χ0v) is 16.2. The number of benzene rings is 4. The molecule has 0 radical (unpaired) electrons. The molecule has 0 heterocycles. The SMILES string of the molecule is O=C(c1ccccc1)N(Cc1ccc(-c2ccc(O)cc2)cc1)c1cccc(F)c1. The van der Waals surface area contributed by atoms with E-state index in [0.29, 0.717) is 17.8 Å². The minimum absolute atomic E-state index is 0.191. The number of halogens is 1. The Bertz CT molecular complexity index is 1140. The van der Waals surface area contributed by atoms with Crippen molar-refractivity contribution in [3.8, 4) is 16.9 Å². The first kappa shape index (κ1) is 19.4. The van der Waals surface area contributed by atoms with E-state index < -0.39 is 0 Å². The molecule has 4 heteroatoms. The molecule has 1 N–H and O–H groups in total. The van der Waals surface area contributed by atoms with Crippen molar-refractivity contribution >= 4 is 11.6 Å². The number of aromatic hydroxyl groups is 1. The average molecular weight is 397 g/mol. The van der Waals surface area contributed by atoms with Gasteiger partial charge in [0.2, 0.25) is 0 Å². The molecule has 0 spiro atoms. The van der Waals surface area contributed by atoms with Crippen LogP contribution in [-0.4, -0.2) is 11.0 Å². The molecule has 0 aromatic heterocycles. The van der Waals surface area contributed by atoms with Crippen LogP contribution >= 0.6 is 0 Å². The molecule has 3 nitrogen and oxygen atoms in total.